The first-order valence-corrected chi connectivity index (χ1v) is 13.4. The van der Waals surface area contributed by atoms with Crippen molar-refractivity contribution < 1.29 is 31.9 Å². The van der Waals surface area contributed by atoms with Gasteiger partial charge in [0.15, 0.2) is 0 Å². The predicted molar refractivity (Wildman–Crippen MR) is 131 cm³/mol. The molecular formula is C24H24F3N3O4S2. The van der Waals surface area contributed by atoms with Crippen LogP contribution in [0.1, 0.15) is 37.1 Å². The van der Waals surface area contributed by atoms with Crippen LogP contribution in [0.2, 0.25) is 0 Å². The smallest absolute Gasteiger partial charge is 0.388 e. The Morgan fingerprint density at radius 1 is 1.36 bits per heavy atom. The molecule has 7 nitrogen and oxygen atoms in total. The highest BCUT2D eigenvalue weighted by molar-refractivity contribution is 8.16. The number of nitrogens with zero attached hydrogens (tertiary/aromatic N) is 1. The van der Waals surface area contributed by atoms with Crippen molar-refractivity contribution in [2.24, 2.45) is 17.8 Å². The van der Waals surface area contributed by atoms with Gasteiger partial charge in [-0.25, -0.2) is 8.93 Å². The SMILES string of the molecule is C#CC1/C=C\C=C/CCCCC2C1C2(NS(=O)C1=CC=C(c2cc(C(F)(F)NF)on2)CS1)C(=O)O. The summed E-state index contributed by atoms with van der Waals surface area (Å²) in [5.41, 5.74) is -0.477. The second-order valence-electron chi connectivity index (χ2n) is 8.68. The number of carboxylic acid groups (broad SMARTS) is 1. The minimum absolute atomic E-state index is 0.0879. The van der Waals surface area contributed by atoms with E-state index < -0.39 is 46.1 Å². The first-order chi connectivity index (χ1) is 17.2. The van der Waals surface area contributed by atoms with Crippen molar-refractivity contribution in [1.82, 2.24) is 15.4 Å². The monoisotopic (exact) mass is 539 g/mol. The van der Waals surface area contributed by atoms with E-state index in [0.717, 1.165) is 37.1 Å². The van der Waals surface area contributed by atoms with E-state index >= 15 is 0 Å². The third-order valence-corrected chi connectivity index (χ3v) is 9.28. The lowest BCUT2D eigenvalue weighted by molar-refractivity contribution is -0.141. The number of allylic oxidation sites excluding steroid dienone is 6. The molecule has 1 aliphatic heterocycles. The average Bonchev–Trinajstić information content (AvgIpc) is 3.22. The molecule has 1 fully saturated rings. The van der Waals surface area contributed by atoms with E-state index in [9.17, 15) is 27.4 Å². The number of aliphatic carboxylic acids is 1. The molecule has 192 valence electrons. The van der Waals surface area contributed by atoms with Gasteiger partial charge in [-0.15, -0.1) is 22.7 Å². The Balaban J connectivity index is 1.53. The lowest BCUT2D eigenvalue weighted by atomic mass is 9.99. The van der Waals surface area contributed by atoms with Crippen molar-refractivity contribution in [2.45, 2.75) is 37.3 Å². The van der Waals surface area contributed by atoms with Crippen molar-refractivity contribution >= 4 is 34.3 Å². The van der Waals surface area contributed by atoms with Crippen LogP contribution < -0.4 is 10.3 Å². The Bertz CT molecular complexity index is 1200. The molecule has 1 saturated carbocycles. The summed E-state index contributed by atoms with van der Waals surface area (Å²) in [5.74, 6) is -0.292. The molecule has 0 radical (unpaired) electrons. The lowest BCUT2D eigenvalue weighted by Gasteiger charge is -2.19. The van der Waals surface area contributed by atoms with Crippen molar-refractivity contribution in [3.05, 3.63) is 58.2 Å². The normalized spacial score (nSPS) is 31.0. The fourth-order valence-electron chi connectivity index (χ4n) is 4.70. The fourth-order valence-corrected chi connectivity index (χ4v) is 7.11. The van der Waals surface area contributed by atoms with Crippen molar-refractivity contribution in [3.63, 3.8) is 0 Å². The number of carboxylic acids is 1. The topological polar surface area (TPSA) is 104 Å². The molecule has 0 bridgehead atoms. The van der Waals surface area contributed by atoms with Gasteiger partial charge in [0.2, 0.25) is 5.76 Å². The van der Waals surface area contributed by atoms with Crippen LogP contribution in [0, 0.1) is 30.1 Å². The van der Waals surface area contributed by atoms with E-state index in [4.69, 9.17) is 6.42 Å². The van der Waals surface area contributed by atoms with Gasteiger partial charge in [0.1, 0.15) is 22.2 Å². The molecule has 12 heteroatoms. The van der Waals surface area contributed by atoms with Gasteiger partial charge in [-0.1, -0.05) is 53.4 Å². The summed E-state index contributed by atoms with van der Waals surface area (Å²) in [5, 5.41) is 13.8. The molecule has 3 aliphatic rings. The number of aromatic nitrogens is 1. The van der Waals surface area contributed by atoms with Crippen LogP contribution in [0.3, 0.4) is 0 Å². The third kappa shape index (κ3) is 5.11. The summed E-state index contributed by atoms with van der Waals surface area (Å²) in [6, 6.07) is -3.09. The molecule has 1 aromatic rings. The number of nitrogens with one attached hydrogen (secondary N) is 2. The molecule has 5 unspecified atom stereocenters. The van der Waals surface area contributed by atoms with Crippen LogP contribution in [0.5, 0.6) is 0 Å². The highest BCUT2D eigenvalue weighted by Crippen LogP contribution is 2.58. The highest BCUT2D eigenvalue weighted by atomic mass is 32.2. The standard InChI is InChI=1S/C24H24F3N3O4S2/c1-2-15-9-7-5-3-4-6-8-10-17-21(15)23(17,22(31)32)30-36(33)20-12-11-16(14-35-20)18-13-19(34-28-18)24(25,26)29-27/h1,3,5,7,9,11-13,15,17,21,29-30H,4,6,8,10,14H2,(H,31,32)/b5-3-,9-7-. The Hall–Kier alpha value is -2.59. The number of hydrogen-bond acceptors (Lipinski definition) is 6. The summed E-state index contributed by atoms with van der Waals surface area (Å²) in [6.45, 7) is 0. The van der Waals surface area contributed by atoms with Crippen molar-refractivity contribution in [3.8, 4) is 12.3 Å². The molecule has 1 aromatic heterocycles. The van der Waals surface area contributed by atoms with E-state index in [1.54, 1.807) is 0 Å². The van der Waals surface area contributed by atoms with Gasteiger partial charge in [0.05, 0.1) is 4.24 Å². The molecular weight excluding hydrogens is 515 g/mol. The van der Waals surface area contributed by atoms with Crippen LogP contribution in [0.25, 0.3) is 5.57 Å². The first kappa shape index (κ1) is 26.5. The van der Waals surface area contributed by atoms with Crippen molar-refractivity contribution in [2.75, 3.05) is 5.75 Å². The molecule has 4 rings (SSSR count). The zero-order chi connectivity index (χ0) is 25.9. The summed E-state index contributed by atoms with van der Waals surface area (Å²) in [4.78, 5) is 12.5. The van der Waals surface area contributed by atoms with Crippen LogP contribution in [0.15, 0.2) is 51.3 Å². The van der Waals surface area contributed by atoms with Crippen LogP contribution in [-0.4, -0.2) is 31.7 Å². The van der Waals surface area contributed by atoms with Gasteiger partial charge in [0, 0.05) is 23.7 Å². The van der Waals surface area contributed by atoms with E-state index in [1.807, 2.05) is 18.2 Å². The quantitative estimate of drug-likeness (QED) is 0.268. The Labute approximate surface area is 212 Å². The summed E-state index contributed by atoms with van der Waals surface area (Å²) >= 11 is 1.15. The fraction of sp³-hybridized carbons (Fsp3) is 0.417. The molecule has 0 amide bonds. The van der Waals surface area contributed by atoms with Gasteiger partial charge < -0.3 is 9.63 Å². The predicted octanol–water partition coefficient (Wildman–Crippen LogP) is 4.43. The molecule has 2 aliphatic carbocycles. The maximum atomic E-state index is 13.4. The first-order valence-electron chi connectivity index (χ1n) is 11.2. The van der Waals surface area contributed by atoms with Gasteiger partial charge >= 0.3 is 12.0 Å². The summed E-state index contributed by atoms with van der Waals surface area (Å²) < 4.78 is 60.1. The van der Waals surface area contributed by atoms with E-state index in [-0.39, 0.29) is 17.4 Å². The number of terminal acetylenes is 1. The second kappa shape index (κ2) is 10.8. The zero-order valence-electron chi connectivity index (χ0n) is 19.0. The molecule has 2 heterocycles. The second-order valence-corrected chi connectivity index (χ2v) is 11.1. The molecule has 0 aromatic carbocycles. The number of fused-ring (bicyclic) bond motifs is 1. The lowest BCUT2D eigenvalue weighted by Crippen LogP contribution is -2.44. The van der Waals surface area contributed by atoms with Gasteiger partial charge in [-0.05, 0) is 36.8 Å². The molecule has 36 heavy (non-hydrogen) atoms. The highest BCUT2D eigenvalue weighted by Gasteiger charge is 2.72. The maximum absolute atomic E-state index is 13.4. The molecule has 0 saturated heterocycles. The summed E-state index contributed by atoms with van der Waals surface area (Å²) in [6.07, 6.45) is 19.7. The number of hydrogen-bond donors (Lipinski definition) is 3. The number of alkyl halides is 2. The number of carbonyl (C=O) groups is 1. The van der Waals surface area contributed by atoms with E-state index in [0.29, 0.717) is 21.8 Å². The van der Waals surface area contributed by atoms with Crippen LogP contribution >= 0.6 is 11.8 Å². The van der Waals surface area contributed by atoms with E-state index in [1.165, 1.54) is 12.2 Å². The van der Waals surface area contributed by atoms with E-state index in [2.05, 4.69) is 26.4 Å². The van der Waals surface area contributed by atoms with Crippen LogP contribution in [-0.2, 0) is 21.8 Å². The average molecular weight is 540 g/mol. The molecule has 3 N–H and O–H groups in total. The molecule has 0 spiro atoms. The molecule has 5 atom stereocenters. The Morgan fingerprint density at radius 3 is 2.83 bits per heavy atom. The minimum Gasteiger partial charge on any atom is -0.480 e. The largest absolute Gasteiger partial charge is 0.480 e. The van der Waals surface area contributed by atoms with Crippen molar-refractivity contribution in [1.29, 1.82) is 0 Å². The third-order valence-electron chi connectivity index (χ3n) is 6.57. The number of thioether (sulfide) groups is 1. The Kier molecular flexibility index (Phi) is 7.94. The summed E-state index contributed by atoms with van der Waals surface area (Å²) in [7, 11) is -1.85. The Morgan fingerprint density at radius 2 is 2.17 bits per heavy atom. The van der Waals surface area contributed by atoms with Gasteiger partial charge in [0.25, 0.3) is 0 Å². The number of rotatable bonds is 7. The van der Waals surface area contributed by atoms with Crippen LogP contribution in [0.4, 0.5) is 13.3 Å². The van der Waals surface area contributed by atoms with Gasteiger partial charge in [-0.3, -0.25) is 4.79 Å². The van der Waals surface area contributed by atoms with Gasteiger partial charge in [-0.2, -0.15) is 8.78 Å². The maximum Gasteiger partial charge on any atom is 0.388 e. The number of halogens is 3. The minimum atomic E-state index is -4.01. The zero-order valence-corrected chi connectivity index (χ0v) is 20.6.